The Morgan fingerprint density at radius 1 is 1.14 bits per heavy atom. The molecule has 2 rings (SSSR count). The summed E-state index contributed by atoms with van der Waals surface area (Å²) in [5.41, 5.74) is 4.00. The molecule has 1 aliphatic heterocycles. The SMILES string of the molecule is CCN(CC)CCNC(=O)C1CC=C(C(CC)(CC)c2ccc(/C=C/C(C)(O)CC)c(C)c2)N1CC. The Balaban J connectivity index is 2.28. The Labute approximate surface area is 220 Å². The first-order valence-corrected chi connectivity index (χ1v) is 14.1. The van der Waals surface area contributed by atoms with E-state index in [-0.39, 0.29) is 17.4 Å². The lowest BCUT2D eigenvalue weighted by Gasteiger charge is -2.41. The van der Waals surface area contributed by atoms with Crippen molar-refractivity contribution in [2.45, 2.75) is 98.1 Å². The maximum absolute atomic E-state index is 13.2. The van der Waals surface area contributed by atoms with Crippen molar-refractivity contribution in [3.8, 4) is 0 Å². The summed E-state index contributed by atoms with van der Waals surface area (Å²) in [6.07, 6.45) is 9.63. The van der Waals surface area contributed by atoms with Gasteiger partial charge in [0.15, 0.2) is 0 Å². The van der Waals surface area contributed by atoms with Crippen molar-refractivity contribution >= 4 is 12.0 Å². The fraction of sp³-hybridized carbons (Fsp3) is 0.645. The second-order valence-corrected chi connectivity index (χ2v) is 10.3. The Morgan fingerprint density at radius 2 is 1.81 bits per heavy atom. The minimum absolute atomic E-state index is 0.131. The molecule has 1 aromatic rings. The predicted molar refractivity (Wildman–Crippen MR) is 153 cm³/mol. The summed E-state index contributed by atoms with van der Waals surface area (Å²) < 4.78 is 0. The van der Waals surface area contributed by atoms with Gasteiger partial charge >= 0.3 is 0 Å². The van der Waals surface area contributed by atoms with Gasteiger partial charge in [0.25, 0.3) is 0 Å². The molecule has 2 unspecified atom stereocenters. The van der Waals surface area contributed by atoms with E-state index in [2.05, 4.69) is 80.9 Å². The van der Waals surface area contributed by atoms with Crippen LogP contribution in [0.15, 0.2) is 36.0 Å². The molecule has 0 spiro atoms. The number of benzene rings is 1. The Morgan fingerprint density at radius 3 is 2.33 bits per heavy atom. The van der Waals surface area contributed by atoms with Gasteiger partial charge in [-0.05, 0) is 76.2 Å². The average molecular weight is 498 g/mol. The maximum Gasteiger partial charge on any atom is 0.243 e. The van der Waals surface area contributed by atoms with Crippen LogP contribution in [-0.2, 0) is 10.2 Å². The van der Waals surface area contributed by atoms with Gasteiger partial charge in [-0.3, -0.25) is 4.79 Å². The third-order valence-electron chi connectivity index (χ3n) is 8.34. The van der Waals surface area contributed by atoms with Crippen LogP contribution < -0.4 is 5.32 Å². The second kappa shape index (κ2) is 13.4. The van der Waals surface area contributed by atoms with E-state index in [4.69, 9.17) is 0 Å². The molecule has 2 atom stereocenters. The standard InChI is InChI=1S/C31H51N3O2/c1-9-30(8,36)20-19-25-15-16-26(23-24(25)7)31(10-2,11-3)28-18-17-27(34(28)14-6)29(35)32-21-22-33(12-4)13-5/h15-16,18-20,23,27,36H,9-14,17,21-22H2,1-8H3,(H,32,35)/b20-19+. The van der Waals surface area contributed by atoms with Crippen LogP contribution in [0.2, 0.25) is 0 Å². The quantitative estimate of drug-likeness (QED) is 0.348. The first-order chi connectivity index (χ1) is 17.1. The molecular weight excluding hydrogens is 446 g/mol. The molecule has 0 aliphatic carbocycles. The molecule has 0 fully saturated rings. The fourth-order valence-electron chi connectivity index (χ4n) is 5.46. The average Bonchev–Trinajstić information content (AvgIpc) is 3.32. The van der Waals surface area contributed by atoms with Gasteiger partial charge in [-0.1, -0.05) is 71.0 Å². The van der Waals surface area contributed by atoms with Gasteiger partial charge in [-0.2, -0.15) is 0 Å². The highest BCUT2D eigenvalue weighted by Crippen LogP contribution is 2.44. The molecule has 202 valence electrons. The molecule has 0 radical (unpaired) electrons. The lowest BCUT2D eigenvalue weighted by atomic mass is 9.72. The molecule has 1 heterocycles. The van der Waals surface area contributed by atoms with Gasteiger partial charge in [-0.25, -0.2) is 0 Å². The molecule has 5 nitrogen and oxygen atoms in total. The first-order valence-electron chi connectivity index (χ1n) is 14.1. The van der Waals surface area contributed by atoms with E-state index in [0.29, 0.717) is 13.0 Å². The molecule has 5 heteroatoms. The van der Waals surface area contributed by atoms with E-state index in [1.165, 1.54) is 16.8 Å². The van der Waals surface area contributed by atoms with Crippen LogP contribution in [-0.4, -0.2) is 65.2 Å². The van der Waals surface area contributed by atoms with E-state index in [0.717, 1.165) is 51.0 Å². The zero-order valence-corrected chi connectivity index (χ0v) is 24.2. The lowest BCUT2D eigenvalue weighted by Crippen LogP contribution is -2.48. The van der Waals surface area contributed by atoms with E-state index < -0.39 is 5.60 Å². The highest BCUT2D eigenvalue weighted by molar-refractivity contribution is 5.83. The molecule has 1 aromatic carbocycles. The number of amides is 1. The summed E-state index contributed by atoms with van der Waals surface area (Å²) in [6, 6.07) is 6.58. The Hall–Kier alpha value is -2.11. The molecule has 0 bridgehead atoms. The summed E-state index contributed by atoms with van der Waals surface area (Å²) in [6.45, 7) is 21.4. The van der Waals surface area contributed by atoms with Crippen LogP contribution in [0.25, 0.3) is 6.08 Å². The van der Waals surface area contributed by atoms with E-state index in [1.54, 1.807) is 0 Å². The maximum atomic E-state index is 13.2. The van der Waals surface area contributed by atoms with Crippen molar-refractivity contribution in [2.24, 2.45) is 0 Å². The summed E-state index contributed by atoms with van der Waals surface area (Å²) in [7, 11) is 0. The predicted octanol–water partition coefficient (Wildman–Crippen LogP) is 5.66. The Kier molecular flexibility index (Phi) is 11.2. The third kappa shape index (κ3) is 6.80. The molecule has 2 N–H and O–H groups in total. The summed E-state index contributed by atoms with van der Waals surface area (Å²) in [5.74, 6) is 0.135. The molecule has 1 aliphatic rings. The topological polar surface area (TPSA) is 55.8 Å². The monoisotopic (exact) mass is 497 g/mol. The van der Waals surface area contributed by atoms with Crippen LogP contribution in [0.5, 0.6) is 0 Å². The van der Waals surface area contributed by atoms with Crippen molar-refractivity contribution in [1.29, 1.82) is 0 Å². The number of carbonyl (C=O) groups excluding carboxylic acids is 1. The number of allylic oxidation sites excluding steroid dienone is 1. The molecule has 36 heavy (non-hydrogen) atoms. The fourth-order valence-corrected chi connectivity index (χ4v) is 5.46. The first kappa shape index (κ1) is 30.1. The Bertz CT molecular complexity index is 910. The minimum Gasteiger partial charge on any atom is -0.386 e. The minimum atomic E-state index is -0.793. The van der Waals surface area contributed by atoms with Gasteiger partial charge in [-0.15, -0.1) is 0 Å². The van der Waals surface area contributed by atoms with Gasteiger partial charge < -0.3 is 20.2 Å². The molecule has 0 saturated carbocycles. The zero-order chi connectivity index (χ0) is 26.9. The second-order valence-electron chi connectivity index (χ2n) is 10.3. The van der Waals surface area contributed by atoms with Gasteiger partial charge in [0.2, 0.25) is 5.91 Å². The van der Waals surface area contributed by atoms with Crippen LogP contribution in [0.4, 0.5) is 0 Å². The van der Waals surface area contributed by atoms with E-state index >= 15 is 0 Å². The third-order valence-corrected chi connectivity index (χ3v) is 8.34. The number of nitrogens with one attached hydrogen (secondary N) is 1. The number of likely N-dealkylation sites (N-methyl/N-ethyl adjacent to an activating group) is 2. The number of rotatable bonds is 14. The normalized spacial score (nSPS) is 18.1. The molecule has 0 saturated heterocycles. The number of aliphatic hydroxyl groups is 1. The molecule has 1 amide bonds. The number of nitrogens with zero attached hydrogens (tertiary/aromatic N) is 2. The smallest absolute Gasteiger partial charge is 0.243 e. The highest BCUT2D eigenvalue weighted by atomic mass is 16.3. The van der Waals surface area contributed by atoms with Crippen LogP contribution in [0.3, 0.4) is 0 Å². The summed E-state index contributed by atoms with van der Waals surface area (Å²) in [4.78, 5) is 17.9. The highest BCUT2D eigenvalue weighted by Gasteiger charge is 2.42. The van der Waals surface area contributed by atoms with Gasteiger partial charge in [0.1, 0.15) is 6.04 Å². The molecule has 0 aromatic heterocycles. The van der Waals surface area contributed by atoms with E-state index in [1.807, 2.05) is 26.0 Å². The van der Waals surface area contributed by atoms with Crippen molar-refractivity contribution in [2.75, 3.05) is 32.7 Å². The molecular formula is C31H51N3O2. The van der Waals surface area contributed by atoms with Gasteiger partial charge in [0.05, 0.1) is 5.60 Å². The largest absolute Gasteiger partial charge is 0.386 e. The lowest BCUT2D eigenvalue weighted by molar-refractivity contribution is -0.125. The van der Waals surface area contributed by atoms with Crippen molar-refractivity contribution in [3.05, 3.63) is 52.7 Å². The number of hydrogen-bond acceptors (Lipinski definition) is 4. The number of hydrogen-bond donors (Lipinski definition) is 2. The van der Waals surface area contributed by atoms with E-state index in [9.17, 15) is 9.90 Å². The summed E-state index contributed by atoms with van der Waals surface area (Å²) in [5, 5.41) is 13.6. The van der Waals surface area contributed by atoms with Crippen LogP contribution in [0.1, 0.15) is 90.8 Å². The van der Waals surface area contributed by atoms with Crippen LogP contribution in [0, 0.1) is 6.92 Å². The van der Waals surface area contributed by atoms with Crippen molar-refractivity contribution in [1.82, 2.24) is 15.1 Å². The number of aryl methyl sites for hydroxylation is 1. The zero-order valence-electron chi connectivity index (χ0n) is 24.2. The number of carbonyl (C=O) groups is 1. The summed E-state index contributed by atoms with van der Waals surface area (Å²) >= 11 is 0. The van der Waals surface area contributed by atoms with Crippen molar-refractivity contribution < 1.29 is 9.90 Å². The van der Waals surface area contributed by atoms with Crippen LogP contribution >= 0.6 is 0 Å². The van der Waals surface area contributed by atoms with Gasteiger partial charge in [0, 0.05) is 30.7 Å². The van der Waals surface area contributed by atoms with Crippen molar-refractivity contribution in [3.63, 3.8) is 0 Å².